The molecule has 0 aliphatic carbocycles. The summed E-state index contributed by atoms with van der Waals surface area (Å²) < 4.78 is 7.16. The van der Waals surface area contributed by atoms with Crippen LogP contribution in [0.5, 0.6) is 0 Å². The van der Waals surface area contributed by atoms with E-state index in [9.17, 15) is 9.59 Å². The number of hydrogen-bond donors (Lipinski definition) is 0. The molecule has 2 fully saturated rings. The van der Waals surface area contributed by atoms with Crippen molar-refractivity contribution in [2.24, 2.45) is 5.41 Å². The number of thiazole rings is 1. The molecule has 2 aliphatic rings. The van der Waals surface area contributed by atoms with Gasteiger partial charge in [-0.15, -0.1) is 11.3 Å². The number of imidazole rings is 1. The van der Waals surface area contributed by atoms with Crippen molar-refractivity contribution in [2.75, 3.05) is 33.4 Å². The van der Waals surface area contributed by atoms with E-state index in [0.717, 1.165) is 22.8 Å². The number of aryl methyl sites for hydroxylation is 1. The van der Waals surface area contributed by atoms with E-state index in [4.69, 9.17) is 4.74 Å². The number of carbonyl (C=O) groups is 2. The van der Waals surface area contributed by atoms with E-state index in [2.05, 4.69) is 28.4 Å². The fourth-order valence-corrected chi connectivity index (χ4v) is 5.40. The number of carbonyl (C=O) groups excluding carboxylic acids is 2. The number of ether oxygens (including phenoxy) is 1. The topological polar surface area (TPSA) is 80.6 Å². The first kappa shape index (κ1) is 22.0. The minimum Gasteiger partial charge on any atom is -0.384 e. The predicted octanol–water partition coefficient (Wildman–Crippen LogP) is 2.61. The maximum Gasteiger partial charge on any atom is 0.231 e. The van der Waals surface area contributed by atoms with Crippen LogP contribution in [0.2, 0.25) is 0 Å². The van der Waals surface area contributed by atoms with E-state index in [1.165, 1.54) is 0 Å². The molecule has 9 heteroatoms. The highest BCUT2D eigenvalue weighted by molar-refractivity contribution is 7.09. The molecule has 0 N–H and O–H groups in total. The molecule has 2 aromatic rings. The van der Waals surface area contributed by atoms with Crippen LogP contribution in [-0.4, -0.2) is 69.5 Å². The number of amides is 2. The molecule has 2 unspecified atom stereocenters. The zero-order chi connectivity index (χ0) is 22.2. The minimum absolute atomic E-state index is 0.0355. The number of nitrogens with zero attached hydrogens (tertiary/aromatic N) is 5. The van der Waals surface area contributed by atoms with Crippen LogP contribution in [0, 0.1) is 12.3 Å². The van der Waals surface area contributed by atoms with E-state index in [0.29, 0.717) is 45.2 Å². The highest BCUT2D eigenvalue weighted by atomic mass is 32.1. The van der Waals surface area contributed by atoms with Gasteiger partial charge in [0.25, 0.3) is 0 Å². The predicted molar refractivity (Wildman–Crippen MR) is 118 cm³/mol. The van der Waals surface area contributed by atoms with Gasteiger partial charge < -0.3 is 19.1 Å². The summed E-state index contributed by atoms with van der Waals surface area (Å²) in [6.07, 6.45) is 4.93. The van der Waals surface area contributed by atoms with E-state index < -0.39 is 5.41 Å². The molecule has 2 saturated heterocycles. The lowest BCUT2D eigenvalue weighted by Gasteiger charge is -2.27. The molecule has 0 radical (unpaired) electrons. The molecule has 0 aromatic carbocycles. The average Bonchev–Trinajstić information content (AvgIpc) is 3.51. The number of rotatable bonds is 7. The van der Waals surface area contributed by atoms with Gasteiger partial charge in [0.2, 0.25) is 11.8 Å². The Morgan fingerprint density at radius 1 is 1.42 bits per heavy atom. The zero-order valence-corrected chi connectivity index (χ0v) is 19.5. The monoisotopic (exact) mass is 445 g/mol. The molecule has 2 atom stereocenters. The molecule has 4 rings (SSSR count). The SMILES string of the molecule is COCCC(=O)N1CC(c2cn(C(C)C)cn2)C2(CCN(Cc3csc(C)n3)C2=O)C1. The Balaban J connectivity index is 1.61. The molecule has 1 spiro atoms. The van der Waals surface area contributed by atoms with Gasteiger partial charge in [-0.2, -0.15) is 0 Å². The number of aromatic nitrogens is 3. The van der Waals surface area contributed by atoms with Gasteiger partial charge in [0.15, 0.2) is 0 Å². The Bertz CT molecular complexity index is 955. The van der Waals surface area contributed by atoms with Crippen LogP contribution in [0.15, 0.2) is 17.9 Å². The maximum atomic E-state index is 13.8. The quantitative estimate of drug-likeness (QED) is 0.654. The highest BCUT2D eigenvalue weighted by Crippen LogP contribution is 2.50. The first-order valence-corrected chi connectivity index (χ1v) is 11.7. The van der Waals surface area contributed by atoms with Gasteiger partial charge in [0.05, 0.1) is 47.7 Å². The number of likely N-dealkylation sites (tertiary alicyclic amines) is 2. The third-order valence-electron chi connectivity index (χ3n) is 6.55. The second-order valence-corrected chi connectivity index (χ2v) is 9.96. The van der Waals surface area contributed by atoms with E-state index in [-0.39, 0.29) is 17.7 Å². The van der Waals surface area contributed by atoms with Crippen LogP contribution < -0.4 is 0 Å². The first-order valence-electron chi connectivity index (χ1n) is 10.8. The van der Waals surface area contributed by atoms with Gasteiger partial charge in [-0.1, -0.05) is 0 Å². The average molecular weight is 446 g/mol. The summed E-state index contributed by atoms with van der Waals surface area (Å²) in [6, 6.07) is 0.293. The van der Waals surface area contributed by atoms with Gasteiger partial charge in [-0.25, -0.2) is 9.97 Å². The van der Waals surface area contributed by atoms with Crippen molar-refractivity contribution in [3.63, 3.8) is 0 Å². The summed E-state index contributed by atoms with van der Waals surface area (Å²) in [6.45, 7) is 8.74. The lowest BCUT2D eigenvalue weighted by molar-refractivity contribution is -0.137. The lowest BCUT2D eigenvalue weighted by Crippen LogP contribution is -2.40. The van der Waals surface area contributed by atoms with Crippen molar-refractivity contribution in [3.05, 3.63) is 34.3 Å². The van der Waals surface area contributed by atoms with Crippen LogP contribution in [0.1, 0.15) is 55.0 Å². The van der Waals surface area contributed by atoms with Crippen LogP contribution in [0.25, 0.3) is 0 Å². The van der Waals surface area contributed by atoms with Crippen molar-refractivity contribution in [2.45, 2.75) is 52.1 Å². The molecule has 0 saturated carbocycles. The summed E-state index contributed by atoms with van der Waals surface area (Å²) in [7, 11) is 1.60. The standard InChI is InChI=1S/C22H31N5O3S/c1-15(2)27-11-19(23-14-27)18-10-26(20(28)5-8-30-4)13-22(18)6-7-25(21(22)29)9-17-12-31-16(3)24-17/h11-12,14-15,18H,5-10,13H2,1-4H3. The third kappa shape index (κ3) is 4.13. The normalized spacial score (nSPS) is 23.6. The molecule has 2 aromatic heterocycles. The maximum absolute atomic E-state index is 13.8. The molecule has 31 heavy (non-hydrogen) atoms. The highest BCUT2D eigenvalue weighted by Gasteiger charge is 2.58. The third-order valence-corrected chi connectivity index (χ3v) is 7.37. The molecular formula is C22H31N5O3S. The Morgan fingerprint density at radius 3 is 2.87 bits per heavy atom. The van der Waals surface area contributed by atoms with Gasteiger partial charge >= 0.3 is 0 Å². The van der Waals surface area contributed by atoms with E-state index in [1.807, 2.05) is 34.6 Å². The summed E-state index contributed by atoms with van der Waals surface area (Å²) >= 11 is 1.60. The molecule has 8 nitrogen and oxygen atoms in total. The van der Waals surface area contributed by atoms with Crippen molar-refractivity contribution >= 4 is 23.2 Å². The van der Waals surface area contributed by atoms with Crippen molar-refractivity contribution in [1.29, 1.82) is 0 Å². The molecular weight excluding hydrogens is 414 g/mol. The fourth-order valence-electron chi connectivity index (χ4n) is 4.79. The summed E-state index contributed by atoms with van der Waals surface area (Å²) in [5, 5.41) is 3.02. The zero-order valence-electron chi connectivity index (χ0n) is 18.7. The fraction of sp³-hybridized carbons (Fsp3) is 0.636. The lowest BCUT2D eigenvalue weighted by atomic mass is 9.75. The van der Waals surface area contributed by atoms with Gasteiger partial charge in [0.1, 0.15) is 0 Å². The Kier molecular flexibility index (Phi) is 6.16. The van der Waals surface area contributed by atoms with Crippen LogP contribution in [0.4, 0.5) is 0 Å². The summed E-state index contributed by atoms with van der Waals surface area (Å²) in [5.74, 6) is 0.0475. The molecule has 4 heterocycles. The minimum atomic E-state index is -0.621. The smallest absolute Gasteiger partial charge is 0.231 e. The van der Waals surface area contributed by atoms with E-state index >= 15 is 0 Å². The van der Waals surface area contributed by atoms with Crippen molar-refractivity contribution < 1.29 is 14.3 Å². The van der Waals surface area contributed by atoms with Crippen LogP contribution >= 0.6 is 11.3 Å². The van der Waals surface area contributed by atoms with E-state index in [1.54, 1.807) is 18.4 Å². The number of hydrogen-bond acceptors (Lipinski definition) is 6. The second-order valence-electron chi connectivity index (χ2n) is 8.90. The van der Waals surface area contributed by atoms with Crippen LogP contribution in [-0.2, 0) is 20.9 Å². The largest absolute Gasteiger partial charge is 0.384 e. The molecule has 0 bridgehead atoms. The van der Waals surface area contributed by atoms with Crippen LogP contribution in [0.3, 0.4) is 0 Å². The molecule has 2 amide bonds. The molecule has 2 aliphatic heterocycles. The summed E-state index contributed by atoms with van der Waals surface area (Å²) in [5.41, 5.74) is 1.21. The van der Waals surface area contributed by atoms with Gasteiger partial charge in [-0.05, 0) is 27.2 Å². The Labute approximate surface area is 187 Å². The van der Waals surface area contributed by atoms with Crippen molar-refractivity contribution in [3.8, 4) is 0 Å². The first-order chi connectivity index (χ1) is 14.8. The van der Waals surface area contributed by atoms with Gasteiger partial charge in [0, 0.05) is 50.3 Å². The molecule has 168 valence electrons. The van der Waals surface area contributed by atoms with Gasteiger partial charge in [-0.3, -0.25) is 9.59 Å². The number of methoxy groups -OCH3 is 1. The Hall–Kier alpha value is -2.26. The summed E-state index contributed by atoms with van der Waals surface area (Å²) in [4.78, 5) is 39.5. The second kappa shape index (κ2) is 8.70. The Morgan fingerprint density at radius 2 is 2.23 bits per heavy atom. The van der Waals surface area contributed by atoms with Crippen molar-refractivity contribution in [1.82, 2.24) is 24.3 Å².